The highest BCUT2D eigenvalue weighted by Gasteiger charge is 2.30. The lowest BCUT2D eigenvalue weighted by atomic mass is 9.90. The van der Waals surface area contributed by atoms with E-state index in [0.717, 1.165) is 11.1 Å². The van der Waals surface area contributed by atoms with Gasteiger partial charge in [0.1, 0.15) is 0 Å². The number of ether oxygens (including phenoxy) is 1. The van der Waals surface area contributed by atoms with Crippen molar-refractivity contribution in [3.05, 3.63) is 59.2 Å². The second-order valence-electron chi connectivity index (χ2n) is 6.48. The Morgan fingerprint density at radius 2 is 2.04 bits per heavy atom. The molecule has 0 radical (unpaired) electrons. The molecule has 1 atom stereocenters. The number of anilines is 1. The summed E-state index contributed by atoms with van der Waals surface area (Å²) in [6.07, 6.45) is 3.78. The molecule has 0 saturated carbocycles. The summed E-state index contributed by atoms with van der Waals surface area (Å²) in [6.45, 7) is 4.17. The van der Waals surface area contributed by atoms with Crippen LogP contribution in [0.3, 0.4) is 0 Å². The maximum Gasteiger partial charge on any atom is 0.255 e. The quantitative estimate of drug-likeness (QED) is 0.717. The van der Waals surface area contributed by atoms with Gasteiger partial charge < -0.3 is 15.8 Å². The molecule has 3 aromatic rings. The Morgan fingerprint density at radius 1 is 1.21 bits per heavy atom. The Labute approximate surface area is 162 Å². The summed E-state index contributed by atoms with van der Waals surface area (Å²) in [6, 6.07) is 7.52. The largest absolute Gasteiger partial charge is 0.477 e. The van der Waals surface area contributed by atoms with Gasteiger partial charge in [-0.2, -0.15) is 0 Å². The van der Waals surface area contributed by atoms with Crippen LogP contribution in [-0.4, -0.2) is 32.4 Å². The standard InChI is InChI=1S/C20H20N6O2/c1-3-28-17-10-22-9-16(24-17)13-7-5-4-6-12(13)14-8-15-18(19(27)25-14)11(2)23-20(21)26-15/h4-7,9-10,14H,3,8H2,1-2H3,(H,25,27)(H2,21,23,26)/t14-/m1/s1. The third-order valence-corrected chi connectivity index (χ3v) is 4.63. The third-order valence-electron chi connectivity index (χ3n) is 4.63. The monoisotopic (exact) mass is 376 g/mol. The maximum absolute atomic E-state index is 12.7. The van der Waals surface area contributed by atoms with E-state index in [2.05, 4.69) is 25.3 Å². The first kappa shape index (κ1) is 17.8. The van der Waals surface area contributed by atoms with Crippen LogP contribution in [0.15, 0.2) is 36.7 Å². The average Bonchev–Trinajstić information content (AvgIpc) is 2.67. The molecule has 28 heavy (non-hydrogen) atoms. The van der Waals surface area contributed by atoms with Crippen molar-refractivity contribution in [1.29, 1.82) is 0 Å². The summed E-state index contributed by atoms with van der Waals surface area (Å²) >= 11 is 0. The lowest BCUT2D eigenvalue weighted by Gasteiger charge is -2.27. The number of aromatic nitrogens is 4. The zero-order chi connectivity index (χ0) is 19.7. The number of nitrogens with one attached hydrogen (secondary N) is 1. The molecule has 1 aliphatic heterocycles. The summed E-state index contributed by atoms with van der Waals surface area (Å²) in [5.41, 5.74) is 10.0. The molecule has 0 spiro atoms. The molecule has 2 aromatic heterocycles. The fourth-order valence-corrected chi connectivity index (χ4v) is 3.49. The maximum atomic E-state index is 12.7. The molecule has 1 aromatic carbocycles. The molecule has 1 amide bonds. The van der Waals surface area contributed by atoms with E-state index in [1.165, 1.54) is 0 Å². The van der Waals surface area contributed by atoms with Crippen LogP contribution in [0.25, 0.3) is 11.3 Å². The Kier molecular flexibility index (Phi) is 4.60. The number of benzene rings is 1. The zero-order valence-corrected chi connectivity index (χ0v) is 15.6. The van der Waals surface area contributed by atoms with Crippen molar-refractivity contribution in [3.63, 3.8) is 0 Å². The predicted molar refractivity (Wildman–Crippen MR) is 104 cm³/mol. The number of rotatable bonds is 4. The van der Waals surface area contributed by atoms with Gasteiger partial charge in [0.05, 0.1) is 47.7 Å². The van der Waals surface area contributed by atoms with Crippen molar-refractivity contribution in [2.75, 3.05) is 12.3 Å². The smallest absolute Gasteiger partial charge is 0.255 e. The van der Waals surface area contributed by atoms with Crippen LogP contribution in [0.5, 0.6) is 5.88 Å². The number of hydrogen-bond donors (Lipinski definition) is 2. The van der Waals surface area contributed by atoms with E-state index < -0.39 is 0 Å². The van der Waals surface area contributed by atoms with Crippen LogP contribution in [-0.2, 0) is 6.42 Å². The first-order valence-electron chi connectivity index (χ1n) is 9.04. The summed E-state index contributed by atoms with van der Waals surface area (Å²) in [5.74, 6) is 0.435. The molecule has 4 rings (SSSR count). The molecule has 0 aliphatic carbocycles. The summed E-state index contributed by atoms with van der Waals surface area (Å²) < 4.78 is 5.47. The second kappa shape index (κ2) is 7.22. The van der Waals surface area contributed by atoms with Gasteiger partial charge >= 0.3 is 0 Å². The zero-order valence-electron chi connectivity index (χ0n) is 15.6. The normalized spacial score (nSPS) is 15.6. The molecular formula is C20H20N6O2. The number of hydrogen-bond acceptors (Lipinski definition) is 7. The number of aryl methyl sites for hydroxylation is 1. The average molecular weight is 376 g/mol. The third kappa shape index (κ3) is 3.24. The number of nitrogens with two attached hydrogens (primary N) is 1. The van der Waals surface area contributed by atoms with Gasteiger partial charge in [0.15, 0.2) is 0 Å². The highest BCUT2D eigenvalue weighted by atomic mass is 16.5. The summed E-state index contributed by atoms with van der Waals surface area (Å²) in [5, 5.41) is 3.06. The van der Waals surface area contributed by atoms with Crippen molar-refractivity contribution in [2.45, 2.75) is 26.3 Å². The van der Waals surface area contributed by atoms with E-state index in [1.807, 2.05) is 31.2 Å². The molecule has 0 bridgehead atoms. The Balaban J connectivity index is 1.75. The Morgan fingerprint density at radius 3 is 2.86 bits per heavy atom. The molecule has 0 saturated heterocycles. The molecule has 8 heteroatoms. The first-order valence-corrected chi connectivity index (χ1v) is 9.04. The molecule has 0 unspecified atom stereocenters. The van der Waals surface area contributed by atoms with Crippen LogP contribution in [0.4, 0.5) is 5.95 Å². The van der Waals surface area contributed by atoms with Crippen molar-refractivity contribution in [3.8, 4) is 17.1 Å². The van der Waals surface area contributed by atoms with Crippen LogP contribution < -0.4 is 15.8 Å². The van der Waals surface area contributed by atoms with Gasteiger partial charge in [-0.15, -0.1) is 0 Å². The number of fused-ring (bicyclic) bond motifs is 1. The van der Waals surface area contributed by atoms with Crippen LogP contribution in [0.1, 0.15) is 40.3 Å². The van der Waals surface area contributed by atoms with Crippen molar-refractivity contribution >= 4 is 11.9 Å². The van der Waals surface area contributed by atoms with Gasteiger partial charge in [-0.3, -0.25) is 9.78 Å². The highest BCUT2D eigenvalue weighted by Crippen LogP contribution is 2.32. The molecular weight excluding hydrogens is 356 g/mol. The number of carbonyl (C=O) groups excluding carboxylic acids is 1. The molecule has 8 nitrogen and oxygen atoms in total. The van der Waals surface area contributed by atoms with Crippen LogP contribution >= 0.6 is 0 Å². The predicted octanol–water partition coefficient (Wildman–Crippen LogP) is 2.25. The lowest BCUT2D eigenvalue weighted by Crippen LogP contribution is -2.37. The first-order chi connectivity index (χ1) is 13.6. The van der Waals surface area contributed by atoms with E-state index in [1.54, 1.807) is 19.3 Å². The minimum Gasteiger partial charge on any atom is -0.477 e. The number of nitrogen functional groups attached to an aromatic ring is 1. The molecule has 142 valence electrons. The van der Waals surface area contributed by atoms with Crippen molar-refractivity contribution < 1.29 is 9.53 Å². The molecule has 1 aliphatic rings. The lowest BCUT2D eigenvalue weighted by molar-refractivity contribution is 0.0922. The Hall–Kier alpha value is -3.55. The van der Waals surface area contributed by atoms with E-state index in [9.17, 15) is 4.79 Å². The van der Waals surface area contributed by atoms with Crippen LogP contribution in [0, 0.1) is 6.92 Å². The van der Waals surface area contributed by atoms with Gasteiger partial charge in [-0.1, -0.05) is 24.3 Å². The topological polar surface area (TPSA) is 116 Å². The van der Waals surface area contributed by atoms with Crippen LogP contribution in [0.2, 0.25) is 0 Å². The van der Waals surface area contributed by atoms with Gasteiger partial charge in [-0.25, -0.2) is 15.0 Å². The van der Waals surface area contributed by atoms with Gasteiger partial charge in [0, 0.05) is 12.0 Å². The van der Waals surface area contributed by atoms with Crippen molar-refractivity contribution in [2.24, 2.45) is 0 Å². The van der Waals surface area contributed by atoms with Gasteiger partial charge in [0.25, 0.3) is 5.91 Å². The molecule has 3 N–H and O–H groups in total. The van der Waals surface area contributed by atoms with Gasteiger partial charge in [0.2, 0.25) is 11.8 Å². The summed E-state index contributed by atoms with van der Waals surface area (Å²) in [4.78, 5) is 29.9. The SMILES string of the molecule is CCOc1cncc(-c2ccccc2[C@H]2Cc3nc(N)nc(C)c3C(=O)N2)n1. The van der Waals surface area contributed by atoms with E-state index >= 15 is 0 Å². The van der Waals surface area contributed by atoms with E-state index in [-0.39, 0.29) is 17.9 Å². The highest BCUT2D eigenvalue weighted by molar-refractivity contribution is 5.98. The number of nitrogens with zero attached hydrogens (tertiary/aromatic N) is 4. The fraction of sp³-hybridized carbons (Fsp3) is 0.250. The fourth-order valence-electron chi connectivity index (χ4n) is 3.49. The minimum atomic E-state index is -0.262. The number of amides is 1. The molecule has 3 heterocycles. The van der Waals surface area contributed by atoms with Gasteiger partial charge in [-0.05, 0) is 19.4 Å². The minimum absolute atomic E-state index is 0.174. The van der Waals surface area contributed by atoms with Crippen molar-refractivity contribution in [1.82, 2.24) is 25.3 Å². The number of carbonyl (C=O) groups is 1. The Bertz CT molecular complexity index is 1050. The second-order valence-corrected chi connectivity index (χ2v) is 6.48. The summed E-state index contributed by atoms with van der Waals surface area (Å²) in [7, 11) is 0. The van der Waals surface area contributed by atoms with E-state index in [0.29, 0.717) is 41.6 Å². The van der Waals surface area contributed by atoms with E-state index in [4.69, 9.17) is 10.5 Å². The molecule has 0 fully saturated rings.